The van der Waals surface area contributed by atoms with E-state index in [1.165, 1.54) is 5.56 Å². The Hall–Kier alpha value is -1.39. The van der Waals surface area contributed by atoms with Crippen molar-refractivity contribution in [2.75, 3.05) is 33.2 Å². The number of benzene rings is 2. The molecule has 1 fully saturated rings. The topological polar surface area (TPSA) is 23.6 Å². The molecule has 2 aromatic carbocycles. The maximum Gasteiger partial charge on any atom is 0.194 e. The fourth-order valence-electron chi connectivity index (χ4n) is 2.85. The van der Waals surface area contributed by atoms with Gasteiger partial charge in [-0.15, -0.1) is 0 Å². The quantitative estimate of drug-likeness (QED) is 0.768. The molecule has 0 atom stereocenters. The molecule has 0 unspecified atom stereocenters. The minimum absolute atomic E-state index is 0.0807. The fraction of sp³-hybridized carbons (Fsp3) is 0.316. The van der Waals surface area contributed by atoms with E-state index in [9.17, 15) is 4.79 Å². The molecule has 24 heavy (non-hydrogen) atoms. The van der Waals surface area contributed by atoms with E-state index in [1.807, 2.05) is 24.3 Å². The number of carbonyl (C=O) groups excluding carboxylic acids is 1. The molecule has 1 aliphatic heterocycles. The molecule has 0 N–H and O–H groups in total. The summed E-state index contributed by atoms with van der Waals surface area (Å²) in [6.45, 7) is 5.29. The average molecular weight is 363 g/mol. The smallest absolute Gasteiger partial charge is 0.194 e. The third-order valence-electron chi connectivity index (χ3n) is 4.39. The first-order valence-corrected chi connectivity index (χ1v) is 8.78. The number of nitrogens with zero attached hydrogens (tertiary/aromatic N) is 2. The van der Waals surface area contributed by atoms with Crippen molar-refractivity contribution in [2.45, 2.75) is 6.54 Å². The van der Waals surface area contributed by atoms with E-state index in [4.69, 9.17) is 23.2 Å². The highest BCUT2D eigenvalue weighted by Crippen LogP contribution is 2.23. The zero-order valence-corrected chi connectivity index (χ0v) is 15.1. The molecule has 1 saturated heterocycles. The first-order valence-electron chi connectivity index (χ1n) is 8.02. The summed E-state index contributed by atoms with van der Waals surface area (Å²) in [6.07, 6.45) is 0. The van der Waals surface area contributed by atoms with Crippen molar-refractivity contribution in [1.82, 2.24) is 9.80 Å². The Morgan fingerprint density at radius 1 is 1.00 bits per heavy atom. The van der Waals surface area contributed by atoms with Crippen molar-refractivity contribution in [3.05, 3.63) is 69.2 Å². The fourth-order valence-corrected chi connectivity index (χ4v) is 3.35. The van der Waals surface area contributed by atoms with E-state index in [2.05, 4.69) is 16.8 Å². The summed E-state index contributed by atoms with van der Waals surface area (Å²) >= 11 is 12.0. The van der Waals surface area contributed by atoms with Gasteiger partial charge in [-0.25, -0.2) is 0 Å². The second-order valence-corrected chi connectivity index (χ2v) is 7.07. The van der Waals surface area contributed by atoms with E-state index in [0.717, 1.165) is 32.7 Å². The summed E-state index contributed by atoms with van der Waals surface area (Å²) in [4.78, 5) is 17.4. The largest absolute Gasteiger partial charge is 0.304 e. The maximum absolute atomic E-state index is 12.6. The summed E-state index contributed by atoms with van der Waals surface area (Å²) < 4.78 is 0. The highest BCUT2D eigenvalue weighted by atomic mass is 35.5. The number of likely N-dealkylation sites (N-methyl/N-ethyl adjacent to an activating group) is 1. The molecule has 0 saturated carbocycles. The van der Waals surface area contributed by atoms with Crippen molar-refractivity contribution in [3.8, 4) is 0 Å². The third-order valence-corrected chi connectivity index (χ3v) is 4.94. The number of piperazine rings is 1. The van der Waals surface area contributed by atoms with Crippen LogP contribution in [0.3, 0.4) is 0 Å². The van der Waals surface area contributed by atoms with E-state index in [1.54, 1.807) is 18.2 Å². The minimum atomic E-state index is -0.0807. The van der Waals surface area contributed by atoms with Gasteiger partial charge in [-0.2, -0.15) is 0 Å². The summed E-state index contributed by atoms with van der Waals surface area (Å²) in [5.74, 6) is -0.0807. The molecule has 0 bridgehead atoms. The van der Waals surface area contributed by atoms with Gasteiger partial charge in [0.15, 0.2) is 5.78 Å². The van der Waals surface area contributed by atoms with Crippen LogP contribution >= 0.6 is 23.2 Å². The van der Waals surface area contributed by atoms with Gasteiger partial charge in [-0.05, 0) is 30.8 Å². The van der Waals surface area contributed by atoms with Crippen LogP contribution < -0.4 is 0 Å². The molecule has 1 heterocycles. The van der Waals surface area contributed by atoms with E-state index in [-0.39, 0.29) is 5.78 Å². The zero-order valence-electron chi connectivity index (χ0n) is 13.6. The molecule has 3 rings (SSSR count). The Balaban J connectivity index is 1.68. The van der Waals surface area contributed by atoms with Gasteiger partial charge in [-0.1, -0.05) is 47.5 Å². The first kappa shape index (κ1) is 17.4. The van der Waals surface area contributed by atoms with E-state index < -0.39 is 0 Å². The monoisotopic (exact) mass is 362 g/mol. The van der Waals surface area contributed by atoms with E-state index >= 15 is 0 Å². The van der Waals surface area contributed by atoms with Crippen LogP contribution in [0.4, 0.5) is 0 Å². The van der Waals surface area contributed by atoms with Crippen LogP contribution in [0.25, 0.3) is 0 Å². The van der Waals surface area contributed by atoms with Gasteiger partial charge in [0.2, 0.25) is 0 Å². The number of halogens is 2. The maximum atomic E-state index is 12.6. The summed E-state index contributed by atoms with van der Waals surface area (Å²) in [5, 5.41) is 0.910. The molecule has 0 radical (unpaired) electrons. The van der Waals surface area contributed by atoms with Crippen molar-refractivity contribution in [2.24, 2.45) is 0 Å². The van der Waals surface area contributed by atoms with Crippen LogP contribution in [-0.2, 0) is 6.54 Å². The number of ketones is 1. The highest BCUT2D eigenvalue weighted by Gasteiger charge is 2.15. The molecule has 126 valence electrons. The van der Waals surface area contributed by atoms with Crippen LogP contribution in [0.15, 0.2) is 42.5 Å². The van der Waals surface area contributed by atoms with Crippen molar-refractivity contribution in [1.29, 1.82) is 0 Å². The van der Waals surface area contributed by atoms with Crippen LogP contribution in [0.1, 0.15) is 21.5 Å². The summed E-state index contributed by atoms with van der Waals surface area (Å²) in [6, 6.07) is 12.7. The van der Waals surface area contributed by atoms with Gasteiger partial charge in [0, 0.05) is 48.9 Å². The predicted octanol–water partition coefficient (Wildman–Crippen LogP) is 3.97. The van der Waals surface area contributed by atoms with Gasteiger partial charge in [-0.3, -0.25) is 9.69 Å². The Morgan fingerprint density at radius 3 is 2.29 bits per heavy atom. The SMILES string of the molecule is CN1CCN(Cc2ccc(C(=O)c3ccc(Cl)cc3Cl)cc2)CC1. The van der Waals surface area contributed by atoms with Gasteiger partial charge < -0.3 is 4.90 Å². The molecule has 0 aliphatic carbocycles. The normalized spacial score (nSPS) is 16.3. The van der Waals surface area contributed by atoms with Gasteiger partial charge in [0.25, 0.3) is 0 Å². The Labute approximate surface area is 152 Å². The molecular weight excluding hydrogens is 343 g/mol. The van der Waals surface area contributed by atoms with Crippen LogP contribution in [0.5, 0.6) is 0 Å². The van der Waals surface area contributed by atoms with Crippen LogP contribution in [-0.4, -0.2) is 48.8 Å². The standard InChI is InChI=1S/C19H20Cl2N2O/c1-22-8-10-23(11-9-22)13-14-2-4-15(5-3-14)19(24)17-7-6-16(20)12-18(17)21/h2-7,12H,8-11,13H2,1H3. The molecule has 5 heteroatoms. The summed E-state index contributed by atoms with van der Waals surface area (Å²) in [5.41, 5.74) is 2.34. The van der Waals surface area contributed by atoms with Crippen LogP contribution in [0, 0.1) is 0 Å². The van der Waals surface area contributed by atoms with Gasteiger partial charge in [0.1, 0.15) is 0 Å². The Morgan fingerprint density at radius 2 is 1.67 bits per heavy atom. The highest BCUT2D eigenvalue weighted by molar-refractivity contribution is 6.37. The average Bonchev–Trinajstić information content (AvgIpc) is 2.57. The first-order chi connectivity index (χ1) is 11.5. The molecule has 0 spiro atoms. The second kappa shape index (κ2) is 7.66. The molecule has 3 nitrogen and oxygen atoms in total. The van der Waals surface area contributed by atoms with Crippen LogP contribution in [0.2, 0.25) is 10.0 Å². The van der Waals surface area contributed by atoms with Crippen molar-refractivity contribution in [3.63, 3.8) is 0 Å². The number of rotatable bonds is 4. The molecule has 1 aliphatic rings. The number of hydrogen-bond acceptors (Lipinski definition) is 3. The molecular formula is C19H20Cl2N2O. The lowest BCUT2D eigenvalue weighted by Crippen LogP contribution is -2.43. The third kappa shape index (κ3) is 4.17. The molecule has 0 aromatic heterocycles. The zero-order chi connectivity index (χ0) is 17.1. The molecule has 0 amide bonds. The number of hydrogen-bond donors (Lipinski definition) is 0. The lowest BCUT2D eigenvalue weighted by atomic mass is 10.0. The predicted molar refractivity (Wildman–Crippen MR) is 99.1 cm³/mol. The van der Waals surface area contributed by atoms with Gasteiger partial charge in [0.05, 0.1) is 5.02 Å². The second-order valence-electron chi connectivity index (χ2n) is 6.23. The lowest BCUT2D eigenvalue weighted by molar-refractivity contribution is 0.103. The van der Waals surface area contributed by atoms with Crippen molar-refractivity contribution < 1.29 is 4.79 Å². The van der Waals surface area contributed by atoms with Crippen molar-refractivity contribution >= 4 is 29.0 Å². The van der Waals surface area contributed by atoms with Gasteiger partial charge >= 0.3 is 0 Å². The Kier molecular flexibility index (Phi) is 5.57. The number of carbonyl (C=O) groups is 1. The minimum Gasteiger partial charge on any atom is -0.304 e. The summed E-state index contributed by atoms with van der Waals surface area (Å²) in [7, 11) is 2.15. The molecule has 2 aromatic rings. The van der Waals surface area contributed by atoms with E-state index in [0.29, 0.717) is 21.2 Å². The Bertz CT molecular complexity index is 723. The lowest BCUT2D eigenvalue weighted by Gasteiger charge is -2.32.